The molecule has 0 aliphatic carbocycles. The highest BCUT2D eigenvalue weighted by Gasteiger charge is 1.99. The van der Waals surface area contributed by atoms with Crippen molar-refractivity contribution in [1.82, 2.24) is 5.32 Å². The van der Waals surface area contributed by atoms with E-state index in [-0.39, 0.29) is 6.03 Å². The lowest BCUT2D eigenvalue weighted by atomic mass is 10.2. The van der Waals surface area contributed by atoms with Crippen LogP contribution in [0.5, 0.6) is 0 Å². The summed E-state index contributed by atoms with van der Waals surface area (Å²) < 4.78 is 0. The molecule has 0 atom stereocenters. The maximum absolute atomic E-state index is 11.2. The van der Waals surface area contributed by atoms with E-state index in [1.807, 2.05) is 0 Å². The van der Waals surface area contributed by atoms with Crippen LogP contribution in [0.25, 0.3) is 0 Å². The van der Waals surface area contributed by atoms with Crippen LogP contribution in [0.4, 0.5) is 10.5 Å². The van der Waals surface area contributed by atoms with Gasteiger partial charge in [0.2, 0.25) is 0 Å². The van der Waals surface area contributed by atoms with Crippen molar-refractivity contribution in [3.8, 4) is 12.3 Å². The highest BCUT2D eigenvalue weighted by molar-refractivity contribution is 5.89. The maximum Gasteiger partial charge on any atom is 0.319 e. The van der Waals surface area contributed by atoms with Crippen LogP contribution in [0.1, 0.15) is 5.56 Å². The molecule has 1 aromatic rings. The molecule has 3 heteroatoms. The van der Waals surface area contributed by atoms with Crippen LogP contribution in [-0.2, 0) is 0 Å². The van der Waals surface area contributed by atoms with E-state index in [0.717, 1.165) is 5.56 Å². The average Bonchev–Trinajstić information content (AvgIpc) is 2.26. The topological polar surface area (TPSA) is 41.1 Å². The zero-order valence-electron chi connectivity index (χ0n) is 8.29. The summed E-state index contributed by atoms with van der Waals surface area (Å²) in [6.07, 6.45) is 6.85. The minimum Gasteiger partial charge on any atom is -0.334 e. The van der Waals surface area contributed by atoms with Crippen LogP contribution in [0, 0.1) is 12.3 Å². The van der Waals surface area contributed by atoms with Crippen molar-refractivity contribution in [3.63, 3.8) is 0 Å². The van der Waals surface area contributed by atoms with Gasteiger partial charge in [-0.05, 0) is 18.2 Å². The second kappa shape index (κ2) is 5.51. The number of hydrogen-bond acceptors (Lipinski definition) is 1. The van der Waals surface area contributed by atoms with Crippen LogP contribution in [-0.4, -0.2) is 12.6 Å². The van der Waals surface area contributed by atoms with Gasteiger partial charge in [0.05, 0.1) is 0 Å². The molecule has 0 heterocycles. The van der Waals surface area contributed by atoms with E-state index < -0.39 is 0 Å². The molecule has 0 aliphatic heterocycles. The highest BCUT2D eigenvalue weighted by Crippen LogP contribution is 2.09. The second-order valence-corrected chi connectivity index (χ2v) is 2.85. The van der Waals surface area contributed by atoms with Crippen molar-refractivity contribution >= 4 is 11.7 Å². The Balaban J connectivity index is 2.60. The fourth-order valence-corrected chi connectivity index (χ4v) is 1.03. The average molecular weight is 200 g/mol. The Labute approximate surface area is 89.2 Å². The Kier molecular flexibility index (Phi) is 3.99. The van der Waals surface area contributed by atoms with Crippen LogP contribution in [0.15, 0.2) is 36.9 Å². The number of nitrogens with one attached hydrogen (secondary N) is 2. The van der Waals surface area contributed by atoms with Gasteiger partial charge in [-0.15, -0.1) is 13.0 Å². The summed E-state index contributed by atoms with van der Waals surface area (Å²) >= 11 is 0. The third kappa shape index (κ3) is 3.57. The molecule has 0 saturated heterocycles. The summed E-state index contributed by atoms with van der Waals surface area (Å²) in [6.45, 7) is 3.93. The molecule has 1 aromatic carbocycles. The number of terminal acetylenes is 1. The highest BCUT2D eigenvalue weighted by atomic mass is 16.2. The summed E-state index contributed by atoms with van der Waals surface area (Å²) in [7, 11) is 0. The molecule has 2 amide bonds. The van der Waals surface area contributed by atoms with Crippen molar-refractivity contribution in [2.75, 3.05) is 11.9 Å². The standard InChI is InChI=1S/C12H12N2O/c1-3-8-13-12(15)14-11-7-5-6-10(4-2)9-11/h2-3,5-7,9H,1,8H2,(H2,13,14,15). The van der Waals surface area contributed by atoms with E-state index >= 15 is 0 Å². The molecule has 0 bridgehead atoms. The fraction of sp³-hybridized carbons (Fsp3) is 0.0833. The van der Waals surface area contributed by atoms with Gasteiger partial charge in [-0.1, -0.05) is 18.1 Å². The number of amides is 2. The molecule has 0 fully saturated rings. The van der Waals surface area contributed by atoms with Gasteiger partial charge < -0.3 is 10.6 Å². The molecule has 76 valence electrons. The Bertz CT molecular complexity index is 404. The largest absolute Gasteiger partial charge is 0.334 e. The lowest BCUT2D eigenvalue weighted by Crippen LogP contribution is -2.28. The van der Waals surface area contributed by atoms with Crippen molar-refractivity contribution in [3.05, 3.63) is 42.5 Å². The minimum atomic E-state index is -0.274. The summed E-state index contributed by atoms with van der Waals surface area (Å²) in [5, 5.41) is 5.26. The number of benzene rings is 1. The molecule has 15 heavy (non-hydrogen) atoms. The van der Waals surface area contributed by atoms with Gasteiger partial charge in [-0.3, -0.25) is 0 Å². The first kappa shape index (κ1) is 10.9. The first-order valence-corrected chi connectivity index (χ1v) is 4.48. The monoisotopic (exact) mass is 200 g/mol. The predicted molar refractivity (Wildman–Crippen MR) is 61.6 cm³/mol. The number of urea groups is 1. The first-order valence-electron chi connectivity index (χ1n) is 4.48. The van der Waals surface area contributed by atoms with E-state index in [1.165, 1.54) is 0 Å². The molecule has 0 radical (unpaired) electrons. The summed E-state index contributed by atoms with van der Waals surface area (Å²) in [5.41, 5.74) is 1.41. The molecule has 0 unspecified atom stereocenters. The van der Waals surface area contributed by atoms with Crippen molar-refractivity contribution in [2.45, 2.75) is 0 Å². The Morgan fingerprint density at radius 2 is 2.40 bits per heavy atom. The summed E-state index contributed by atoms with van der Waals surface area (Å²) in [6, 6.07) is 6.82. The molecular weight excluding hydrogens is 188 g/mol. The van der Waals surface area contributed by atoms with Crippen LogP contribution < -0.4 is 10.6 Å². The summed E-state index contributed by atoms with van der Waals surface area (Å²) in [5.74, 6) is 2.50. The lowest BCUT2D eigenvalue weighted by Gasteiger charge is -2.05. The second-order valence-electron chi connectivity index (χ2n) is 2.85. The summed E-state index contributed by atoms with van der Waals surface area (Å²) in [4.78, 5) is 11.2. The van der Waals surface area contributed by atoms with Gasteiger partial charge in [0.25, 0.3) is 0 Å². The molecule has 0 aliphatic rings. The van der Waals surface area contributed by atoms with Crippen LogP contribution >= 0.6 is 0 Å². The van der Waals surface area contributed by atoms with E-state index in [0.29, 0.717) is 12.2 Å². The number of rotatable bonds is 3. The number of anilines is 1. The number of carbonyl (C=O) groups excluding carboxylic acids is 1. The normalized spacial score (nSPS) is 8.73. The van der Waals surface area contributed by atoms with Crippen LogP contribution in [0.3, 0.4) is 0 Å². The van der Waals surface area contributed by atoms with Crippen molar-refractivity contribution in [2.24, 2.45) is 0 Å². The molecule has 0 spiro atoms. The fourth-order valence-electron chi connectivity index (χ4n) is 1.03. The van der Waals surface area contributed by atoms with E-state index in [9.17, 15) is 4.79 Å². The molecule has 3 nitrogen and oxygen atoms in total. The molecule has 1 rings (SSSR count). The van der Waals surface area contributed by atoms with Gasteiger partial charge in [0, 0.05) is 17.8 Å². The Morgan fingerprint density at radius 1 is 1.60 bits per heavy atom. The minimum absolute atomic E-state index is 0.274. The third-order valence-corrected chi connectivity index (χ3v) is 1.69. The van der Waals surface area contributed by atoms with Gasteiger partial charge in [0.15, 0.2) is 0 Å². The Hall–Kier alpha value is -2.21. The van der Waals surface area contributed by atoms with E-state index in [2.05, 4.69) is 23.1 Å². The number of hydrogen-bond donors (Lipinski definition) is 2. The number of carbonyl (C=O) groups is 1. The van der Waals surface area contributed by atoms with Gasteiger partial charge in [-0.25, -0.2) is 4.79 Å². The van der Waals surface area contributed by atoms with E-state index in [4.69, 9.17) is 6.42 Å². The van der Waals surface area contributed by atoms with Gasteiger partial charge >= 0.3 is 6.03 Å². The third-order valence-electron chi connectivity index (χ3n) is 1.69. The lowest BCUT2D eigenvalue weighted by molar-refractivity contribution is 0.253. The smallest absolute Gasteiger partial charge is 0.319 e. The first-order chi connectivity index (χ1) is 7.26. The Morgan fingerprint density at radius 3 is 3.07 bits per heavy atom. The predicted octanol–water partition coefficient (Wildman–Crippen LogP) is 1.98. The quantitative estimate of drug-likeness (QED) is 0.568. The van der Waals surface area contributed by atoms with Gasteiger partial charge in [-0.2, -0.15) is 0 Å². The van der Waals surface area contributed by atoms with E-state index in [1.54, 1.807) is 30.3 Å². The molecule has 0 saturated carbocycles. The van der Waals surface area contributed by atoms with Crippen molar-refractivity contribution < 1.29 is 4.79 Å². The van der Waals surface area contributed by atoms with Gasteiger partial charge in [0.1, 0.15) is 0 Å². The molecule has 2 N–H and O–H groups in total. The molecule has 0 aromatic heterocycles. The van der Waals surface area contributed by atoms with Crippen LogP contribution in [0.2, 0.25) is 0 Å². The van der Waals surface area contributed by atoms with Crippen molar-refractivity contribution in [1.29, 1.82) is 0 Å². The zero-order valence-corrected chi connectivity index (χ0v) is 8.29. The maximum atomic E-state index is 11.2. The SMILES string of the molecule is C#Cc1cccc(NC(=O)NCC=C)c1. The molecular formula is C12H12N2O. The zero-order chi connectivity index (χ0) is 11.1.